The third-order valence-electron chi connectivity index (χ3n) is 3.86. The van der Waals surface area contributed by atoms with Crippen molar-refractivity contribution in [1.29, 1.82) is 0 Å². The Labute approximate surface area is 118 Å². The molecule has 2 heterocycles. The van der Waals surface area contributed by atoms with E-state index < -0.39 is 0 Å². The van der Waals surface area contributed by atoms with Crippen molar-refractivity contribution in [3.05, 3.63) is 29.7 Å². The molecule has 1 N–H and O–H groups in total. The third-order valence-corrected chi connectivity index (χ3v) is 3.86. The minimum atomic E-state index is 0.269. The summed E-state index contributed by atoms with van der Waals surface area (Å²) in [6, 6.07) is 0.542. The van der Waals surface area contributed by atoms with Crippen LogP contribution in [0.25, 0.3) is 0 Å². The monoisotopic (exact) mass is 275 g/mol. The summed E-state index contributed by atoms with van der Waals surface area (Å²) in [6.45, 7) is 6.94. The minimum Gasteiger partial charge on any atom is -0.424 e. The molecule has 0 aliphatic heterocycles. The molecule has 2 aromatic rings. The number of hydrogen-bond donors (Lipinski definition) is 1. The molecule has 3 rings (SSSR count). The summed E-state index contributed by atoms with van der Waals surface area (Å²) in [5, 5.41) is 15.9. The Morgan fingerprint density at radius 1 is 1.40 bits per heavy atom. The molecule has 0 unspecified atom stereocenters. The molecule has 1 saturated carbocycles. The van der Waals surface area contributed by atoms with Gasteiger partial charge >= 0.3 is 0 Å². The van der Waals surface area contributed by atoms with Crippen LogP contribution >= 0.6 is 0 Å². The van der Waals surface area contributed by atoms with Crippen molar-refractivity contribution in [2.75, 3.05) is 0 Å². The van der Waals surface area contributed by atoms with Gasteiger partial charge in [-0.05, 0) is 39.2 Å². The van der Waals surface area contributed by atoms with Gasteiger partial charge in [0.05, 0.1) is 18.8 Å². The van der Waals surface area contributed by atoms with Gasteiger partial charge in [-0.25, -0.2) is 0 Å². The first-order valence-electron chi connectivity index (χ1n) is 7.20. The van der Waals surface area contributed by atoms with Gasteiger partial charge in [0.2, 0.25) is 11.8 Å². The third kappa shape index (κ3) is 2.90. The molecule has 0 bridgehead atoms. The second kappa shape index (κ2) is 5.36. The van der Waals surface area contributed by atoms with Crippen molar-refractivity contribution in [2.24, 2.45) is 0 Å². The van der Waals surface area contributed by atoms with Crippen LogP contribution in [0.3, 0.4) is 0 Å². The number of aromatic nitrogens is 4. The van der Waals surface area contributed by atoms with Crippen LogP contribution in [-0.2, 0) is 6.54 Å². The van der Waals surface area contributed by atoms with E-state index in [-0.39, 0.29) is 12.1 Å². The number of nitrogens with zero attached hydrogens (tertiary/aromatic N) is 4. The van der Waals surface area contributed by atoms with Crippen molar-refractivity contribution in [3.63, 3.8) is 0 Å². The van der Waals surface area contributed by atoms with E-state index in [4.69, 9.17) is 4.42 Å². The Hall–Kier alpha value is -1.69. The van der Waals surface area contributed by atoms with Crippen LogP contribution in [0.4, 0.5) is 0 Å². The van der Waals surface area contributed by atoms with Gasteiger partial charge in [-0.15, -0.1) is 10.2 Å². The molecule has 1 fully saturated rings. The average Bonchev–Trinajstić information content (AvgIpc) is 3.03. The van der Waals surface area contributed by atoms with Gasteiger partial charge in [-0.3, -0.25) is 4.68 Å². The number of hydrogen-bond acceptors (Lipinski definition) is 5. The van der Waals surface area contributed by atoms with Gasteiger partial charge < -0.3 is 9.73 Å². The molecule has 0 radical (unpaired) electrons. The smallest absolute Gasteiger partial charge is 0.230 e. The van der Waals surface area contributed by atoms with E-state index in [1.807, 2.05) is 17.8 Å². The van der Waals surface area contributed by atoms with Gasteiger partial charge in [-0.1, -0.05) is 0 Å². The van der Waals surface area contributed by atoms with Crippen molar-refractivity contribution in [3.8, 4) is 0 Å². The molecule has 0 saturated heterocycles. The van der Waals surface area contributed by atoms with E-state index in [9.17, 15) is 0 Å². The van der Waals surface area contributed by atoms with Crippen molar-refractivity contribution < 1.29 is 4.42 Å². The lowest BCUT2D eigenvalue weighted by atomic mass is 10.2. The molecule has 6 nitrogen and oxygen atoms in total. The summed E-state index contributed by atoms with van der Waals surface area (Å²) < 4.78 is 7.62. The van der Waals surface area contributed by atoms with Crippen LogP contribution in [0.2, 0.25) is 0 Å². The Kier molecular flexibility index (Phi) is 3.56. The summed E-state index contributed by atoms with van der Waals surface area (Å²) in [5.41, 5.74) is 1.18. The highest BCUT2D eigenvalue weighted by Crippen LogP contribution is 2.38. The molecule has 1 aliphatic rings. The molecule has 108 valence electrons. The number of aryl methyl sites for hydroxylation is 1. The van der Waals surface area contributed by atoms with Gasteiger partial charge in [0, 0.05) is 18.2 Å². The standard InChI is InChI=1S/C14H21N5O/c1-9-6-16-19(8-9)11(3)10(2)15-7-13-17-18-14(20-13)12-4-5-12/h6,8,10-12,15H,4-5,7H2,1-3H3/t10-,11-/m1/s1. The molecule has 0 aromatic carbocycles. The summed E-state index contributed by atoms with van der Waals surface area (Å²) in [5.74, 6) is 1.98. The SMILES string of the molecule is Cc1cnn([C@H](C)[C@@H](C)NCc2nnc(C3CC3)o2)c1. The predicted molar refractivity (Wildman–Crippen MR) is 74.2 cm³/mol. The Bertz CT molecular complexity index is 572. The average molecular weight is 275 g/mol. The molecule has 0 spiro atoms. The zero-order chi connectivity index (χ0) is 14.1. The van der Waals surface area contributed by atoms with Crippen LogP contribution in [-0.4, -0.2) is 26.0 Å². The molecular weight excluding hydrogens is 254 g/mol. The fourth-order valence-electron chi connectivity index (χ4n) is 2.14. The van der Waals surface area contributed by atoms with Crippen LogP contribution in [0, 0.1) is 6.92 Å². The molecule has 6 heteroatoms. The van der Waals surface area contributed by atoms with Gasteiger partial charge in [0.1, 0.15) is 0 Å². The fraction of sp³-hybridized carbons (Fsp3) is 0.643. The largest absolute Gasteiger partial charge is 0.424 e. The number of nitrogens with one attached hydrogen (secondary N) is 1. The van der Waals surface area contributed by atoms with Crippen molar-refractivity contribution >= 4 is 0 Å². The van der Waals surface area contributed by atoms with E-state index in [1.165, 1.54) is 18.4 Å². The van der Waals surface area contributed by atoms with E-state index in [0.717, 1.165) is 5.89 Å². The van der Waals surface area contributed by atoms with E-state index in [1.54, 1.807) is 0 Å². The molecule has 20 heavy (non-hydrogen) atoms. The Morgan fingerprint density at radius 2 is 2.20 bits per heavy atom. The van der Waals surface area contributed by atoms with Crippen LogP contribution in [0.1, 0.15) is 56.0 Å². The maximum Gasteiger partial charge on any atom is 0.230 e. The highest BCUT2D eigenvalue weighted by atomic mass is 16.4. The van der Waals surface area contributed by atoms with Gasteiger partial charge in [0.15, 0.2) is 0 Å². The van der Waals surface area contributed by atoms with Crippen LogP contribution in [0.5, 0.6) is 0 Å². The predicted octanol–water partition coefficient (Wildman–Crippen LogP) is 2.19. The first kappa shape index (κ1) is 13.3. The second-order valence-corrected chi connectivity index (χ2v) is 5.72. The minimum absolute atomic E-state index is 0.269. The summed E-state index contributed by atoms with van der Waals surface area (Å²) in [4.78, 5) is 0. The zero-order valence-electron chi connectivity index (χ0n) is 12.2. The maximum absolute atomic E-state index is 5.64. The second-order valence-electron chi connectivity index (χ2n) is 5.72. The lowest BCUT2D eigenvalue weighted by Crippen LogP contribution is -2.33. The summed E-state index contributed by atoms with van der Waals surface area (Å²) in [6.07, 6.45) is 6.30. The van der Waals surface area contributed by atoms with E-state index >= 15 is 0 Å². The highest BCUT2D eigenvalue weighted by Gasteiger charge is 2.29. The van der Waals surface area contributed by atoms with Gasteiger partial charge in [-0.2, -0.15) is 5.10 Å². The molecule has 2 aromatic heterocycles. The Balaban J connectivity index is 1.53. The molecule has 0 amide bonds. The van der Waals surface area contributed by atoms with Crippen molar-refractivity contribution in [2.45, 2.75) is 58.2 Å². The van der Waals surface area contributed by atoms with E-state index in [0.29, 0.717) is 18.4 Å². The lowest BCUT2D eigenvalue weighted by Gasteiger charge is -2.21. The first-order valence-corrected chi connectivity index (χ1v) is 7.20. The lowest BCUT2D eigenvalue weighted by molar-refractivity contribution is 0.344. The number of rotatable bonds is 6. The Morgan fingerprint density at radius 3 is 2.85 bits per heavy atom. The maximum atomic E-state index is 5.64. The molecule has 2 atom stereocenters. The normalized spacial score (nSPS) is 18.1. The quantitative estimate of drug-likeness (QED) is 0.875. The zero-order valence-corrected chi connectivity index (χ0v) is 12.2. The molecular formula is C14H21N5O. The summed E-state index contributed by atoms with van der Waals surface area (Å²) >= 11 is 0. The molecule has 1 aliphatic carbocycles. The topological polar surface area (TPSA) is 68.8 Å². The van der Waals surface area contributed by atoms with Crippen LogP contribution in [0.15, 0.2) is 16.8 Å². The van der Waals surface area contributed by atoms with Crippen LogP contribution < -0.4 is 5.32 Å². The summed E-state index contributed by atoms with van der Waals surface area (Å²) in [7, 11) is 0. The van der Waals surface area contributed by atoms with Gasteiger partial charge in [0.25, 0.3) is 0 Å². The first-order chi connectivity index (χ1) is 9.63. The van der Waals surface area contributed by atoms with Crippen molar-refractivity contribution in [1.82, 2.24) is 25.3 Å². The highest BCUT2D eigenvalue weighted by molar-refractivity contribution is 5.01. The van der Waals surface area contributed by atoms with E-state index in [2.05, 4.69) is 40.7 Å². The fourth-order valence-corrected chi connectivity index (χ4v) is 2.14.